The van der Waals surface area contributed by atoms with Gasteiger partial charge in [-0.05, 0) is 26.3 Å². The van der Waals surface area contributed by atoms with Gasteiger partial charge in [0.15, 0.2) is 0 Å². The van der Waals surface area contributed by atoms with Crippen LogP contribution in [0, 0.1) is 0 Å². The van der Waals surface area contributed by atoms with E-state index < -0.39 is 17.8 Å². The van der Waals surface area contributed by atoms with E-state index >= 15 is 0 Å². The van der Waals surface area contributed by atoms with Gasteiger partial charge in [0.05, 0.1) is 6.54 Å². The van der Waals surface area contributed by atoms with E-state index in [2.05, 4.69) is 5.43 Å². The Hall–Kier alpha value is -2.24. The topological polar surface area (TPSA) is 78.9 Å². The number of amides is 2. The van der Waals surface area contributed by atoms with Gasteiger partial charge in [0.25, 0.3) is 0 Å². The van der Waals surface area contributed by atoms with Crippen LogP contribution in [0.1, 0.15) is 26.3 Å². The predicted octanol–water partition coefficient (Wildman–Crippen LogP) is 2.61. The molecule has 6 heteroatoms. The molecule has 0 aliphatic heterocycles. The van der Waals surface area contributed by atoms with Crippen LogP contribution in [0.4, 0.5) is 9.59 Å². The molecule has 104 valence electrons. The standard InChI is InChI=1S/C13H18N2O4/c1-13(2,3)19-11(16)14-15(12(17)18)9-10-7-5-4-6-8-10/h4-8H,9H2,1-3H3,(H,14,16)(H,17,18). The summed E-state index contributed by atoms with van der Waals surface area (Å²) < 4.78 is 5.00. The van der Waals surface area contributed by atoms with Crippen molar-refractivity contribution in [3.8, 4) is 0 Å². The molecule has 0 saturated heterocycles. The number of carbonyl (C=O) groups excluding carboxylic acids is 1. The van der Waals surface area contributed by atoms with E-state index in [4.69, 9.17) is 9.84 Å². The first kappa shape index (κ1) is 14.8. The Morgan fingerprint density at radius 3 is 2.32 bits per heavy atom. The molecule has 0 unspecified atom stereocenters. The predicted molar refractivity (Wildman–Crippen MR) is 69.4 cm³/mol. The number of nitrogens with one attached hydrogen (secondary N) is 1. The first-order chi connectivity index (χ1) is 8.78. The number of hydrogen-bond acceptors (Lipinski definition) is 3. The highest BCUT2D eigenvalue weighted by molar-refractivity contribution is 5.73. The lowest BCUT2D eigenvalue weighted by atomic mass is 10.2. The zero-order valence-electron chi connectivity index (χ0n) is 11.2. The van der Waals surface area contributed by atoms with Gasteiger partial charge in [-0.1, -0.05) is 30.3 Å². The molecule has 0 aliphatic rings. The van der Waals surface area contributed by atoms with Crippen LogP contribution in [0.3, 0.4) is 0 Å². The van der Waals surface area contributed by atoms with Crippen LogP contribution in [0.15, 0.2) is 30.3 Å². The van der Waals surface area contributed by atoms with Gasteiger partial charge in [0.1, 0.15) is 5.60 Å². The van der Waals surface area contributed by atoms with Gasteiger partial charge in [0, 0.05) is 0 Å². The van der Waals surface area contributed by atoms with E-state index in [-0.39, 0.29) is 6.54 Å². The van der Waals surface area contributed by atoms with Crippen molar-refractivity contribution in [1.29, 1.82) is 0 Å². The van der Waals surface area contributed by atoms with Gasteiger partial charge in [0.2, 0.25) is 0 Å². The molecule has 1 aromatic rings. The molecule has 0 saturated carbocycles. The summed E-state index contributed by atoms with van der Waals surface area (Å²) >= 11 is 0. The number of benzene rings is 1. The Morgan fingerprint density at radius 1 is 1.26 bits per heavy atom. The zero-order valence-corrected chi connectivity index (χ0v) is 11.2. The van der Waals surface area contributed by atoms with Crippen molar-refractivity contribution in [3.05, 3.63) is 35.9 Å². The quantitative estimate of drug-likeness (QED) is 0.806. The molecule has 0 spiro atoms. The van der Waals surface area contributed by atoms with E-state index in [0.29, 0.717) is 0 Å². The Morgan fingerprint density at radius 2 is 1.84 bits per heavy atom. The highest BCUT2D eigenvalue weighted by atomic mass is 16.6. The second-order valence-corrected chi connectivity index (χ2v) is 4.97. The second-order valence-electron chi connectivity index (χ2n) is 4.97. The maximum absolute atomic E-state index is 11.5. The van der Waals surface area contributed by atoms with Gasteiger partial charge in [-0.25, -0.2) is 20.0 Å². The molecule has 0 bridgehead atoms. The fourth-order valence-electron chi connectivity index (χ4n) is 1.33. The van der Waals surface area contributed by atoms with Crippen LogP contribution in [-0.4, -0.2) is 27.9 Å². The lowest BCUT2D eigenvalue weighted by molar-refractivity contribution is 0.0319. The molecule has 1 aromatic carbocycles. The fraction of sp³-hybridized carbons (Fsp3) is 0.385. The van der Waals surface area contributed by atoms with Crippen molar-refractivity contribution in [2.75, 3.05) is 0 Å². The minimum atomic E-state index is -1.25. The summed E-state index contributed by atoms with van der Waals surface area (Å²) in [6.07, 6.45) is -2.06. The summed E-state index contributed by atoms with van der Waals surface area (Å²) in [5.41, 5.74) is 2.28. The average Bonchev–Trinajstić information content (AvgIpc) is 2.26. The van der Waals surface area contributed by atoms with Crippen molar-refractivity contribution >= 4 is 12.2 Å². The third kappa shape index (κ3) is 5.76. The Labute approximate surface area is 111 Å². The molecule has 0 fully saturated rings. The van der Waals surface area contributed by atoms with E-state index in [1.165, 1.54) is 0 Å². The third-order valence-electron chi connectivity index (χ3n) is 2.04. The lowest BCUT2D eigenvalue weighted by Crippen LogP contribution is -2.46. The summed E-state index contributed by atoms with van der Waals surface area (Å²) in [5.74, 6) is 0. The molecule has 0 aliphatic carbocycles. The van der Waals surface area contributed by atoms with Crippen LogP contribution >= 0.6 is 0 Å². The minimum absolute atomic E-state index is 0.0510. The summed E-state index contributed by atoms with van der Waals surface area (Å²) in [7, 11) is 0. The highest BCUT2D eigenvalue weighted by Gasteiger charge is 2.20. The number of carbonyl (C=O) groups is 2. The summed E-state index contributed by atoms with van der Waals surface area (Å²) in [4.78, 5) is 22.6. The first-order valence-corrected chi connectivity index (χ1v) is 5.82. The van der Waals surface area contributed by atoms with Gasteiger partial charge >= 0.3 is 12.2 Å². The van der Waals surface area contributed by atoms with Crippen molar-refractivity contribution in [1.82, 2.24) is 10.4 Å². The molecular formula is C13H18N2O4. The highest BCUT2D eigenvalue weighted by Crippen LogP contribution is 2.08. The van der Waals surface area contributed by atoms with E-state index in [1.54, 1.807) is 45.0 Å². The van der Waals surface area contributed by atoms with Crippen LogP contribution in [-0.2, 0) is 11.3 Å². The van der Waals surface area contributed by atoms with E-state index in [1.807, 2.05) is 6.07 Å². The zero-order chi connectivity index (χ0) is 14.5. The van der Waals surface area contributed by atoms with Crippen LogP contribution < -0.4 is 5.43 Å². The van der Waals surface area contributed by atoms with Crippen molar-refractivity contribution in [2.24, 2.45) is 0 Å². The van der Waals surface area contributed by atoms with Gasteiger partial charge < -0.3 is 9.84 Å². The Balaban J connectivity index is 2.64. The molecular weight excluding hydrogens is 248 g/mol. The summed E-state index contributed by atoms with van der Waals surface area (Å²) in [6, 6.07) is 8.96. The smallest absolute Gasteiger partial charge is 0.426 e. The molecule has 1 rings (SSSR count). The first-order valence-electron chi connectivity index (χ1n) is 5.82. The largest absolute Gasteiger partial charge is 0.464 e. The SMILES string of the molecule is CC(C)(C)OC(=O)NN(Cc1ccccc1)C(=O)O. The van der Waals surface area contributed by atoms with E-state index in [9.17, 15) is 9.59 Å². The number of rotatable bonds is 2. The Kier molecular flexibility index (Phi) is 4.74. The summed E-state index contributed by atoms with van der Waals surface area (Å²) in [5, 5.41) is 9.82. The summed E-state index contributed by atoms with van der Waals surface area (Å²) in [6.45, 7) is 5.16. The molecule has 19 heavy (non-hydrogen) atoms. The monoisotopic (exact) mass is 266 g/mol. The molecule has 0 aromatic heterocycles. The number of ether oxygens (including phenoxy) is 1. The Bertz CT molecular complexity index is 440. The molecule has 0 atom stereocenters. The third-order valence-corrected chi connectivity index (χ3v) is 2.04. The van der Waals surface area contributed by atoms with Crippen molar-refractivity contribution < 1.29 is 19.4 Å². The molecule has 0 radical (unpaired) electrons. The van der Waals surface area contributed by atoms with Crippen LogP contribution in [0.2, 0.25) is 0 Å². The van der Waals surface area contributed by atoms with E-state index in [0.717, 1.165) is 10.6 Å². The molecule has 2 amide bonds. The number of hydrogen-bond donors (Lipinski definition) is 2. The maximum Gasteiger partial charge on any atom is 0.426 e. The normalized spacial score (nSPS) is 10.7. The maximum atomic E-state index is 11.5. The average molecular weight is 266 g/mol. The second kappa shape index (κ2) is 6.08. The van der Waals surface area contributed by atoms with Crippen LogP contribution in [0.5, 0.6) is 0 Å². The number of carboxylic acid groups (broad SMARTS) is 1. The van der Waals surface area contributed by atoms with Gasteiger partial charge in [-0.15, -0.1) is 0 Å². The van der Waals surface area contributed by atoms with Gasteiger partial charge in [-0.3, -0.25) is 0 Å². The molecule has 0 heterocycles. The van der Waals surface area contributed by atoms with Crippen LogP contribution in [0.25, 0.3) is 0 Å². The van der Waals surface area contributed by atoms with Crippen molar-refractivity contribution in [3.63, 3.8) is 0 Å². The fourth-order valence-corrected chi connectivity index (χ4v) is 1.33. The number of nitrogens with zero attached hydrogens (tertiary/aromatic N) is 1. The van der Waals surface area contributed by atoms with Crippen molar-refractivity contribution in [2.45, 2.75) is 32.9 Å². The minimum Gasteiger partial charge on any atom is -0.464 e. The number of hydrazine groups is 1. The molecule has 2 N–H and O–H groups in total. The lowest BCUT2D eigenvalue weighted by Gasteiger charge is -2.24. The van der Waals surface area contributed by atoms with Gasteiger partial charge in [-0.2, -0.15) is 0 Å². The molecule has 6 nitrogen and oxygen atoms in total.